The summed E-state index contributed by atoms with van der Waals surface area (Å²) in [5, 5.41) is 9.65. The lowest BCUT2D eigenvalue weighted by Gasteiger charge is -2.33. The summed E-state index contributed by atoms with van der Waals surface area (Å²) in [4.78, 5) is 14.1. The molecule has 0 atom stereocenters. The molecule has 1 aromatic rings. The van der Waals surface area contributed by atoms with Crippen LogP contribution in [0.5, 0.6) is 0 Å². The third-order valence-electron chi connectivity index (χ3n) is 4.30. The van der Waals surface area contributed by atoms with Gasteiger partial charge in [-0.3, -0.25) is 14.8 Å². The highest BCUT2D eigenvalue weighted by Gasteiger charge is 2.33. The fraction of sp³-hybridized carbons (Fsp3) is 0.714. The molecule has 2 aliphatic rings. The zero-order valence-electron chi connectivity index (χ0n) is 13.5. The van der Waals surface area contributed by atoms with Gasteiger partial charge in [0.1, 0.15) is 4.90 Å². The SMILES string of the molecule is Cc1n[nH]c(C)c1S(=O)(=O)N1CCN(CC(=O)NC2CC2)CC1. The van der Waals surface area contributed by atoms with E-state index in [-0.39, 0.29) is 10.8 Å². The van der Waals surface area contributed by atoms with Crippen LogP contribution in [0.4, 0.5) is 0 Å². The Morgan fingerprint density at radius 2 is 1.91 bits per heavy atom. The smallest absolute Gasteiger partial charge is 0.246 e. The molecule has 0 radical (unpaired) electrons. The molecule has 2 fully saturated rings. The Bertz CT molecular complexity index is 668. The third kappa shape index (κ3) is 3.56. The molecule has 8 nitrogen and oxygen atoms in total. The number of carbonyl (C=O) groups excluding carboxylic acids is 1. The Labute approximate surface area is 136 Å². The van der Waals surface area contributed by atoms with Crippen molar-refractivity contribution >= 4 is 15.9 Å². The summed E-state index contributed by atoms with van der Waals surface area (Å²) in [5.74, 6) is 0.0327. The number of H-pyrrole nitrogens is 1. The molecule has 0 bridgehead atoms. The van der Waals surface area contributed by atoms with Gasteiger partial charge in [-0.15, -0.1) is 0 Å². The summed E-state index contributed by atoms with van der Waals surface area (Å²) >= 11 is 0. The predicted molar refractivity (Wildman–Crippen MR) is 84.4 cm³/mol. The number of nitrogens with zero attached hydrogens (tertiary/aromatic N) is 3. The van der Waals surface area contributed by atoms with Crippen LogP contribution >= 0.6 is 0 Å². The van der Waals surface area contributed by atoms with Crippen LogP contribution in [-0.2, 0) is 14.8 Å². The van der Waals surface area contributed by atoms with Crippen molar-refractivity contribution in [3.63, 3.8) is 0 Å². The van der Waals surface area contributed by atoms with Gasteiger partial charge in [0.2, 0.25) is 15.9 Å². The zero-order chi connectivity index (χ0) is 16.6. The Hall–Kier alpha value is -1.45. The molecule has 1 amide bonds. The van der Waals surface area contributed by atoms with Crippen molar-refractivity contribution in [2.45, 2.75) is 37.6 Å². The highest BCUT2D eigenvalue weighted by atomic mass is 32.2. The highest BCUT2D eigenvalue weighted by Crippen LogP contribution is 2.22. The van der Waals surface area contributed by atoms with Crippen LogP contribution < -0.4 is 5.32 Å². The number of nitrogens with one attached hydrogen (secondary N) is 2. The number of rotatable bonds is 5. The molecule has 1 aromatic heterocycles. The first kappa shape index (κ1) is 16.4. The number of sulfonamides is 1. The van der Waals surface area contributed by atoms with Crippen LogP contribution in [0.1, 0.15) is 24.2 Å². The Morgan fingerprint density at radius 3 is 2.43 bits per heavy atom. The van der Waals surface area contributed by atoms with Crippen LogP contribution in [0.25, 0.3) is 0 Å². The molecule has 1 aliphatic heterocycles. The number of carbonyl (C=O) groups is 1. The maximum absolute atomic E-state index is 12.7. The Kier molecular flexibility index (Phi) is 4.43. The average molecular weight is 341 g/mol. The second-order valence-corrected chi connectivity index (χ2v) is 8.16. The van der Waals surface area contributed by atoms with Crippen molar-refractivity contribution in [3.8, 4) is 0 Å². The number of aromatic amines is 1. The molecule has 1 saturated carbocycles. The highest BCUT2D eigenvalue weighted by molar-refractivity contribution is 7.89. The zero-order valence-corrected chi connectivity index (χ0v) is 14.3. The van der Waals surface area contributed by atoms with Gasteiger partial charge in [0.15, 0.2) is 0 Å². The van der Waals surface area contributed by atoms with Gasteiger partial charge < -0.3 is 5.32 Å². The minimum Gasteiger partial charge on any atom is -0.352 e. The van der Waals surface area contributed by atoms with Crippen LogP contribution in [0.3, 0.4) is 0 Å². The molecule has 3 rings (SSSR count). The van der Waals surface area contributed by atoms with E-state index < -0.39 is 10.0 Å². The minimum absolute atomic E-state index is 0.0327. The van der Waals surface area contributed by atoms with E-state index >= 15 is 0 Å². The summed E-state index contributed by atoms with van der Waals surface area (Å²) in [6, 6.07) is 0.358. The standard InChI is InChI=1S/C14H23N5O3S/c1-10-14(11(2)17-16-10)23(21,22)19-7-5-18(6-8-19)9-13(20)15-12-3-4-12/h12H,3-9H2,1-2H3,(H,15,20)(H,16,17). The largest absolute Gasteiger partial charge is 0.352 e. The lowest BCUT2D eigenvalue weighted by molar-refractivity contribution is -0.122. The molecule has 9 heteroatoms. The lowest BCUT2D eigenvalue weighted by atomic mass is 10.3. The number of amides is 1. The summed E-state index contributed by atoms with van der Waals surface area (Å²) in [6.45, 7) is 5.65. The Morgan fingerprint density at radius 1 is 1.26 bits per heavy atom. The fourth-order valence-electron chi connectivity index (χ4n) is 2.88. The summed E-state index contributed by atoms with van der Waals surface area (Å²) < 4.78 is 27.0. The van der Waals surface area contributed by atoms with E-state index in [0.717, 1.165) is 12.8 Å². The average Bonchev–Trinajstić information content (AvgIpc) is 3.22. The van der Waals surface area contributed by atoms with Gasteiger partial charge in [0, 0.05) is 32.2 Å². The fourth-order valence-corrected chi connectivity index (χ4v) is 4.64. The van der Waals surface area contributed by atoms with E-state index in [1.54, 1.807) is 13.8 Å². The molecular weight excluding hydrogens is 318 g/mol. The Balaban J connectivity index is 1.58. The van der Waals surface area contributed by atoms with Gasteiger partial charge in [0.25, 0.3) is 0 Å². The molecule has 128 valence electrons. The number of aromatic nitrogens is 2. The van der Waals surface area contributed by atoms with Gasteiger partial charge in [-0.1, -0.05) is 0 Å². The number of piperazine rings is 1. The van der Waals surface area contributed by atoms with E-state index in [0.29, 0.717) is 50.2 Å². The summed E-state index contributed by atoms with van der Waals surface area (Å²) in [5.41, 5.74) is 1.06. The van der Waals surface area contributed by atoms with Crippen molar-refractivity contribution in [3.05, 3.63) is 11.4 Å². The maximum Gasteiger partial charge on any atom is 0.246 e. The van der Waals surface area contributed by atoms with Gasteiger partial charge in [-0.2, -0.15) is 9.40 Å². The van der Waals surface area contributed by atoms with Gasteiger partial charge in [0.05, 0.1) is 17.9 Å². The topological polar surface area (TPSA) is 98.4 Å². The minimum atomic E-state index is -3.53. The molecular formula is C14H23N5O3S. The van der Waals surface area contributed by atoms with E-state index in [1.165, 1.54) is 4.31 Å². The van der Waals surface area contributed by atoms with E-state index in [4.69, 9.17) is 0 Å². The van der Waals surface area contributed by atoms with Crippen molar-refractivity contribution in [2.75, 3.05) is 32.7 Å². The summed E-state index contributed by atoms with van der Waals surface area (Å²) in [6.07, 6.45) is 2.14. The lowest BCUT2D eigenvalue weighted by Crippen LogP contribution is -2.51. The van der Waals surface area contributed by atoms with Gasteiger partial charge in [-0.05, 0) is 26.7 Å². The summed E-state index contributed by atoms with van der Waals surface area (Å²) in [7, 11) is -3.53. The van der Waals surface area contributed by atoms with Crippen molar-refractivity contribution in [1.29, 1.82) is 0 Å². The molecule has 1 saturated heterocycles. The molecule has 23 heavy (non-hydrogen) atoms. The van der Waals surface area contributed by atoms with Crippen molar-refractivity contribution < 1.29 is 13.2 Å². The second-order valence-electron chi connectivity index (χ2n) is 6.29. The van der Waals surface area contributed by atoms with Crippen LogP contribution in [0.15, 0.2) is 4.90 Å². The van der Waals surface area contributed by atoms with E-state index in [2.05, 4.69) is 15.5 Å². The first-order valence-corrected chi connectivity index (χ1v) is 9.35. The number of aryl methyl sites for hydroxylation is 2. The van der Waals surface area contributed by atoms with Gasteiger partial charge >= 0.3 is 0 Å². The molecule has 2 N–H and O–H groups in total. The monoisotopic (exact) mass is 341 g/mol. The first-order valence-electron chi connectivity index (χ1n) is 7.91. The van der Waals surface area contributed by atoms with E-state index in [1.807, 2.05) is 4.90 Å². The van der Waals surface area contributed by atoms with Crippen LogP contribution in [0.2, 0.25) is 0 Å². The predicted octanol–water partition coefficient (Wildman–Crippen LogP) is -0.389. The maximum atomic E-state index is 12.7. The van der Waals surface area contributed by atoms with E-state index in [9.17, 15) is 13.2 Å². The van der Waals surface area contributed by atoms with Crippen LogP contribution in [-0.4, -0.2) is 72.5 Å². The first-order chi connectivity index (χ1) is 10.9. The molecule has 0 aromatic carbocycles. The molecule has 0 unspecified atom stereocenters. The van der Waals surface area contributed by atoms with Gasteiger partial charge in [-0.25, -0.2) is 8.42 Å². The van der Waals surface area contributed by atoms with Crippen molar-refractivity contribution in [1.82, 2.24) is 24.7 Å². The number of hydrogen-bond donors (Lipinski definition) is 2. The number of hydrogen-bond acceptors (Lipinski definition) is 5. The quantitative estimate of drug-likeness (QED) is 0.760. The third-order valence-corrected chi connectivity index (χ3v) is 6.46. The molecule has 0 spiro atoms. The second kappa shape index (κ2) is 6.21. The van der Waals surface area contributed by atoms with Crippen molar-refractivity contribution in [2.24, 2.45) is 0 Å². The molecule has 2 heterocycles. The normalized spacial score (nSPS) is 20.6. The molecule has 1 aliphatic carbocycles. The van der Waals surface area contributed by atoms with Crippen LogP contribution in [0, 0.1) is 13.8 Å².